The molecule has 1 aromatic rings. The van der Waals surface area contributed by atoms with Crippen LogP contribution in [0.2, 0.25) is 0 Å². The molecule has 0 radical (unpaired) electrons. The van der Waals surface area contributed by atoms with Gasteiger partial charge in [-0.2, -0.15) is 13.2 Å². The lowest BCUT2D eigenvalue weighted by Gasteiger charge is -2.35. The second-order valence-corrected chi connectivity index (χ2v) is 5.88. The van der Waals surface area contributed by atoms with Crippen LogP contribution in [0, 0.1) is 0 Å². The number of nitrogens with zero attached hydrogens (tertiary/aromatic N) is 1. The number of benzene rings is 1. The van der Waals surface area contributed by atoms with Crippen molar-refractivity contribution in [3.05, 3.63) is 35.9 Å². The zero-order valence-corrected chi connectivity index (χ0v) is 11.7. The van der Waals surface area contributed by atoms with Gasteiger partial charge < -0.3 is 5.73 Å². The summed E-state index contributed by atoms with van der Waals surface area (Å²) in [6, 6.07) is 9.63. The Morgan fingerprint density at radius 3 is 2.20 bits per heavy atom. The van der Waals surface area contributed by atoms with Crippen LogP contribution in [0.5, 0.6) is 0 Å². The summed E-state index contributed by atoms with van der Waals surface area (Å²) in [5.41, 5.74) is 6.41. The molecule has 1 aliphatic carbocycles. The molecule has 0 aliphatic heterocycles. The first-order valence-corrected chi connectivity index (χ1v) is 6.90. The lowest BCUT2D eigenvalue weighted by Crippen LogP contribution is -2.47. The van der Waals surface area contributed by atoms with Gasteiger partial charge in [-0.15, -0.1) is 0 Å². The third-order valence-electron chi connectivity index (χ3n) is 3.92. The van der Waals surface area contributed by atoms with Crippen molar-refractivity contribution in [1.82, 2.24) is 4.90 Å². The number of halogens is 3. The summed E-state index contributed by atoms with van der Waals surface area (Å²) >= 11 is 0. The largest absolute Gasteiger partial charge is 0.401 e. The van der Waals surface area contributed by atoms with E-state index in [0.717, 1.165) is 18.4 Å². The third-order valence-corrected chi connectivity index (χ3v) is 3.92. The highest BCUT2D eigenvalue weighted by Gasteiger charge is 2.41. The minimum atomic E-state index is -4.16. The zero-order chi connectivity index (χ0) is 14.8. The van der Waals surface area contributed by atoms with Gasteiger partial charge in [0.25, 0.3) is 0 Å². The predicted molar refractivity (Wildman–Crippen MR) is 73.5 cm³/mol. The lowest BCUT2D eigenvalue weighted by atomic mass is 9.82. The molecule has 2 nitrogen and oxygen atoms in total. The van der Waals surface area contributed by atoms with Crippen LogP contribution in [0.1, 0.15) is 25.3 Å². The van der Waals surface area contributed by atoms with Crippen molar-refractivity contribution < 1.29 is 13.2 Å². The van der Waals surface area contributed by atoms with E-state index in [9.17, 15) is 13.2 Å². The van der Waals surface area contributed by atoms with E-state index >= 15 is 0 Å². The number of alkyl halides is 3. The van der Waals surface area contributed by atoms with E-state index in [-0.39, 0.29) is 6.04 Å². The molecule has 1 fully saturated rings. The first kappa shape index (κ1) is 15.3. The van der Waals surface area contributed by atoms with Gasteiger partial charge >= 0.3 is 6.18 Å². The summed E-state index contributed by atoms with van der Waals surface area (Å²) in [6.45, 7) is 1.77. The molecule has 1 aromatic carbocycles. The molecule has 0 spiro atoms. The van der Waals surface area contributed by atoms with Gasteiger partial charge in [-0.1, -0.05) is 37.3 Å². The van der Waals surface area contributed by atoms with E-state index in [1.54, 1.807) is 4.90 Å². The Kier molecular flexibility index (Phi) is 4.39. The van der Waals surface area contributed by atoms with Crippen molar-refractivity contribution in [3.8, 4) is 0 Å². The SMILES string of the molecule is CC(CN)(CN(CC(F)(F)F)C1CC1)c1ccccc1. The minimum Gasteiger partial charge on any atom is -0.330 e. The van der Waals surface area contributed by atoms with E-state index in [0.29, 0.717) is 13.1 Å². The molecule has 20 heavy (non-hydrogen) atoms. The van der Waals surface area contributed by atoms with Crippen molar-refractivity contribution in [3.63, 3.8) is 0 Å². The standard InChI is InChI=1S/C15H21F3N2/c1-14(9-19,12-5-3-2-4-6-12)10-20(13-7-8-13)11-15(16,17)18/h2-6,13H,7-11,19H2,1H3. The summed E-state index contributed by atoms with van der Waals surface area (Å²) in [5.74, 6) is 0. The second-order valence-electron chi connectivity index (χ2n) is 5.88. The van der Waals surface area contributed by atoms with E-state index in [1.165, 1.54) is 0 Å². The molecule has 5 heteroatoms. The quantitative estimate of drug-likeness (QED) is 0.871. The van der Waals surface area contributed by atoms with Crippen molar-refractivity contribution in [2.75, 3.05) is 19.6 Å². The summed E-state index contributed by atoms with van der Waals surface area (Å²) in [5, 5.41) is 0. The van der Waals surface area contributed by atoms with Gasteiger partial charge in [0.1, 0.15) is 0 Å². The number of nitrogens with two attached hydrogens (primary N) is 1. The van der Waals surface area contributed by atoms with Crippen molar-refractivity contribution in [1.29, 1.82) is 0 Å². The molecule has 0 bridgehead atoms. The molecule has 1 saturated carbocycles. The molecule has 0 amide bonds. The van der Waals surface area contributed by atoms with Crippen molar-refractivity contribution in [2.45, 2.75) is 37.4 Å². The van der Waals surface area contributed by atoms with Gasteiger partial charge in [0.15, 0.2) is 0 Å². The summed E-state index contributed by atoms with van der Waals surface area (Å²) in [7, 11) is 0. The first-order chi connectivity index (χ1) is 9.34. The topological polar surface area (TPSA) is 29.3 Å². The fourth-order valence-corrected chi connectivity index (χ4v) is 2.55. The van der Waals surface area contributed by atoms with E-state index in [4.69, 9.17) is 5.73 Å². The Morgan fingerprint density at radius 2 is 1.75 bits per heavy atom. The molecule has 2 N–H and O–H groups in total. The molecule has 1 atom stereocenters. The molecule has 0 aromatic heterocycles. The first-order valence-electron chi connectivity index (χ1n) is 6.90. The van der Waals surface area contributed by atoms with Crippen LogP contribution >= 0.6 is 0 Å². The minimum absolute atomic E-state index is 0.0613. The Hall–Kier alpha value is -1.07. The summed E-state index contributed by atoms with van der Waals surface area (Å²) in [6.07, 6.45) is -2.45. The molecule has 0 heterocycles. The Bertz CT molecular complexity index is 428. The summed E-state index contributed by atoms with van der Waals surface area (Å²) < 4.78 is 38.1. The van der Waals surface area contributed by atoms with Crippen molar-refractivity contribution in [2.24, 2.45) is 5.73 Å². The van der Waals surface area contributed by atoms with Gasteiger partial charge in [0.05, 0.1) is 6.54 Å². The predicted octanol–water partition coefficient (Wildman–Crippen LogP) is 2.93. The van der Waals surface area contributed by atoms with Crippen LogP contribution in [0.4, 0.5) is 13.2 Å². The van der Waals surface area contributed by atoms with Gasteiger partial charge in [0.2, 0.25) is 0 Å². The van der Waals surface area contributed by atoms with Gasteiger partial charge in [-0.25, -0.2) is 0 Å². The molecule has 0 saturated heterocycles. The molecular formula is C15H21F3N2. The highest BCUT2D eigenvalue weighted by molar-refractivity contribution is 5.25. The van der Waals surface area contributed by atoms with E-state index < -0.39 is 18.1 Å². The average molecular weight is 286 g/mol. The fourth-order valence-electron chi connectivity index (χ4n) is 2.55. The Labute approximate surface area is 117 Å². The van der Waals surface area contributed by atoms with E-state index in [1.807, 2.05) is 37.3 Å². The van der Waals surface area contributed by atoms with Gasteiger partial charge in [-0.3, -0.25) is 4.90 Å². The maximum absolute atomic E-state index is 12.7. The smallest absolute Gasteiger partial charge is 0.330 e. The van der Waals surface area contributed by atoms with E-state index in [2.05, 4.69) is 0 Å². The Morgan fingerprint density at radius 1 is 1.15 bits per heavy atom. The summed E-state index contributed by atoms with van der Waals surface area (Å²) in [4.78, 5) is 1.54. The molecule has 2 rings (SSSR count). The maximum atomic E-state index is 12.7. The molecule has 112 valence electrons. The molecule has 1 aliphatic rings. The third kappa shape index (κ3) is 3.96. The van der Waals surface area contributed by atoms with Crippen LogP contribution in [0.25, 0.3) is 0 Å². The zero-order valence-electron chi connectivity index (χ0n) is 11.7. The molecule has 1 unspecified atom stereocenters. The van der Waals surface area contributed by atoms with Crippen LogP contribution < -0.4 is 5.73 Å². The average Bonchev–Trinajstić information content (AvgIpc) is 3.21. The van der Waals surface area contributed by atoms with Gasteiger partial charge in [-0.05, 0) is 18.4 Å². The molecular weight excluding hydrogens is 265 g/mol. The van der Waals surface area contributed by atoms with Crippen molar-refractivity contribution >= 4 is 0 Å². The van der Waals surface area contributed by atoms with Crippen LogP contribution in [0.15, 0.2) is 30.3 Å². The van der Waals surface area contributed by atoms with Gasteiger partial charge in [0, 0.05) is 24.5 Å². The Balaban J connectivity index is 2.14. The van der Waals surface area contributed by atoms with Crippen LogP contribution in [-0.2, 0) is 5.41 Å². The highest BCUT2D eigenvalue weighted by atomic mass is 19.4. The lowest BCUT2D eigenvalue weighted by molar-refractivity contribution is -0.148. The fraction of sp³-hybridized carbons (Fsp3) is 0.600. The normalized spacial score (nSPS) is 19.1. The number of rotatable bonds is 6. The monoisotopic (exact) mass is 286 g/mol. The van der Waals surface area contributed by atoms with Crippen LogP contribution in [0.3, 0.4) is 0 Å². The maximum Gasteiger partial charge on any atom is 0.401 e. The number of hydrogen-bond donors (Lipinski definition) is 1. The van der Waals surface area contributed by atoms with Crippen LogP contribution in [-0.4, -0.2) is 36.8 Å². The number of hydrogen-bond acceptors (Lipinski definition) is 2. The second kappa shape index (κ2) is 5.74. The highest BCUT2D eigenvalue weighted by Crippen LogP contribution is 2.34.